The summed E-state index contributed by atoms with van der Waals surface area (Å²) in [6, 6.07) is 15.6. The highest BCUT2D eigenvalue weighted by molar-refractivity contribution is 8.53. The van der Waals surface area contributed by atoms with Crippen LogP contribution in [-0.4, -0.2) is 24.7 Å². The SMILES string of the molecule is CCCSP(OCC)OOc1ccc(Sc2ccc(OOP(OCC)SCCC)cc2)cc1. The number of hydrogen-bond acceptors (Lipinski definition) is 9. The molecule has 0 radical (unpaired) electrons. The van der Waals surface area contributed by atoms with Crippen molar-refractivity contribution in [1.29, 1.82) is 0 Å². The maximum Gasteiger partial charge on any atom is 0.286 e. The fourth-order valence-corrected chi connectivity index (χ4v) is 8.14. The summed E-state index contributed by atoms with van der Waals surface area (Å²) in [5, 5.41) is 0. The Morgan fingerprint density at radius 3 is 1.33 bits per heavy atom. The van der Waals surface area contributed by atoms with Crippen LogP contribution in [0.25, 0.3) is 0 Å². The average molecular weight is 551 g/mol. The van der Waals surface area contributed by atoms with Crippen LogP contribution in [-0.2, 0) is 18.4 Å². The molecule has 6 nitrogen and oxygen atoms in total. The average Bonchev–Trinajstić information content (AvgIpc) is 2.84. The van der Waals surface area contributed by atoms with Crippen molar-refractivity contribution >= 4 is 49.7 Å². The van der Waals surface area contributed by atoms with Gasteiger partial charge in [0.25, 0.3) is 15.2 Å². The lowest BCUT2D eigenvalue weighted by Gasteiger charge is -2.14. The van der Waals surface area contributed by atoms with Crippen LogP contribution in [0.1, 0.15) is 40.5 Å². The zero-order valence-electron chi connectivity index (χ0n) is 19.4. The van der Waals surface area contributed by atoms with Gasteiger partial charge in [-0.2, -0.15) is 0 Å². The highest BCUT2D eigenvalue weighted by Gasteiger charge is 2.14. The van der Waals surface area contributed by atoms with E-state index in [1.807, 2.05) is 62.4 Å². The van der Waals surface area contributed by atoms with Crippen LogP contribution >= 0.6 is 49.7 Å². The second-order valence-electron chi connectivity index (χ2n) is 6.31. The third-order valence-corrected chi connectivity index (χ3v) is 10.9. The first-order valence-corrected chi connectivity index (χ1v) is 17.2. The standard InChI is InChI=1S/C22H32O6P2S3/c1-5-17-31-29(23-7-3)27-25-19-9-13-21(14-10-19)33-22-15-11-20(12-16-22)26-28-30(24-8-4)32-18-6-2/h9-16H,5-8,17-18H2,1-4H3. The van der Waals surface area contributed by atoms with Gasteiger partial charge < -0.3 is 18.8 Å². The molecule has 2 rings (SSSR count). The summed E-state index contributed by atoms with van der Waals surface area (Å²) in [7, 11) is -2.19. The molecule has 0 spiro atoms. The van der Waals surface area contributed by atoms with E-state index < -0.39 is 15.2 Å². The Morgan fingerprint density at radius 1 is 0.606 bits per heavy atom. The third kappa shape index (κ3) is 12.4. The van der Waals surface area contributed by atoms with Crippen LogP contribution in [0.15, 0.2) is 58.3 Å². The summed E-state index contributed by atoms with van der Waals surface area (Å²) in [4.78, 5) is 13.1. The molecule has 2 unspecified atom stereocenters. The van der Waals surface area contributed by atoms with Gasteiger partial charge in [-0.1, -0.05) is 48.4 Å². The van der Waals surface area contributed by atoms with E-state index in [0.29, 0.717) is 24.7 Å². The van der Waals surface area contributed by atoms with E-state index >= 15 is 0 Å². The Hall–Kier alpha value is -0.210. The monoisotopic (exact) mass is 550 g/mol. The molecule has 2 aromatic rings. The third-order valence-electron chi connectivity index (χ3n) is 3.54. The Balaban J connectivity index is 1.80. The molecule has 0 aliphatic rings. The van der Waals surface area contributed by atoms with Crippen molar-refractivity contribution in [3.05, 3.63) is 48.5 Å². The molecule has 2 aromatic carbocycles. The molecule has 0 heterocycles. The summed E-state index contributed by atoms with van der Waals surface area (Å²) in [6.45, 7) is 9.36. The Morgan fingerprint density at radius 2 is 1.00 bits per heavy atom. The Kier molecular flexibility index (Phi) is 15.9. The van der Waals surface area contributed by atoms with Gasteiger partial charge in [-0.15, -0.1) is 9.35 Å². The van der Waals surface area contributed by atoms with E-state index in [0.717, 1.165) is 34.1 Å². The molecule has 2 atom stereocenters. The molecule has 0 saturated heterocycles. The van der Waals surface area contributed by atoms with Gasteiger partial charge in [0, 0.05) is 21.3 Å². The molecule has 0 amide bonds. The van der Waals surface area contributed by atoms with E-state index in [9.17, 15) is 0 Å². The maximum atomic E-state index is 5.59. The van der Waals surface area contributed by atoms with Crippen LogP contribution in [0, 0.1) is 0 Å². The summed E-state index contributed by atoms with van der Waals surface area (Å²) in [6.07, 6.45) is 2.14. The van der Waals surface area contributed by atoms with Crippen LogP contribution < -0.4 is 9.78 Å². The van der Waals surface area contributed by atoms with Gasteiger partial charge in [0.1, 0.15) is 0 Å². The smallest absolute Gasteiger partial charge is 0.286 e. The first kappa shape index (κ1) is 29.0. The summed E-state index contributed by atoms with van der Waals surface area (Å²) >= 11 is 4.94. The predicted octanol–water partition coefficient (Wildman–Crippen LogP) is 9.27. The molecule has 11 heteroatoms. The van der Waals surface area contributed by atoms with Crippen molar-refractivity contribution in [2.75, 3.05) is 24.7 Å². The van der Waals surface area contributed by atoms with Crippen molar-refractivity contribution in [3.63, 3.8) is 0 Å². The normalized spacial score (nSPS) is 13.0. The van der Waals surface area contributed by atoms with E-state index in [1.165, 1.54) is 0 Å². The molecule has 33 heavy (non-hydrogen) atoms. The van der Waals surface area contributed by atoms with Gasteiger partial charge in [0.05, 0.1) is 13.2 Å². The van der Waals surface area contributed by atoms with E-state index in [2.05, 4.69) is 13.8 Å². The molecule has 0 aliphatic heterocycles. The topological polar surface area (TPSA) is 55.4 Å². The van der Waals surface area contributed by atoms with Crippen molar-refractivity contribution in [2.24, 2.45) is 0 Å². The van der Waals surface area contributed by atoms with Gasteiger partial charge in [-0.05, 0) is 75.2 Å². The molecule has 0 bridgehead atoms. The largest absolute Gasteiger partial charge is 0.331 e. The molecule has 0 saturated carbocycles. The molecule has 184 valence electrons. The zero-order chi connectivity index (χ0) is 23.7. The second-order valence-corrected chi connectivity index (χ2v) is 13.8. The highest BCUT2D eigenvalue weighted by Crippen LogP contribution is 2.53. The fourth-order valence-electron chi connectivity index (χ4n) is 2.11. The molecular weight excluding hydrogens is 518 g/mol. The summed E-state index contributed by atoms with van der Waals surface area (Å²) in [5.74, 6) is 3.26. The lowest BCUT2D eigenvalue weighted by atomic mass is 10.3. The first-order chi connectivity index (χ1) is 16.2. The predicted molar refractivity (Wildman–Crippen MR) is 143 cm³/mol. The van der Waals surface area contributed by atoms with Crippen molar-refractivity contribution in [1.82, 2.24) is 0 Å². The molecular formula is C22H32O6P2S3. The number of benzene rings is 2. The lowest BCUT2D eigenvalue weighted by Crippen LogP contribution is -1.94. The second kappa shape index (κ2) is 18.1. The van der Waals surface area contributed by atoms with Crippen molar-refractivity contribution in [2.45, 2.75) is 50.3 Å². The fraction of sp³-hybridized carbons (Fsp3) is 0.455. The summed E-state index contributed by atoms with van der Waals surface area (Å²) < 4.78 is 22.1. The van der Waals surface area contributed by atoms with E-state index in [1.54, 1.807) is 34.5 Å². The maximum absolute atomic E-state index is 5.59. The van der Waals surface area contributed by atoms with Crippen LogP contribution in [0.2, 0.25) is 0 Å². The minimum atomic E-state index is -1.10. The zero-order valence-corrected chi connectivity index (χ0v) is 23.7. The highest BCUT2D eigenvalue weighted by atomic mass is 32.7. The van der Waals surface area contributed by atoms with Gasteiger partial charge in [0.2, 0.25) is 0 Å². The van der Waals surface area contributed by atoms with Crippen LogP contribution in [0.5, 0.6) is 11.5 Å². The molecule has 0 fully saturated rings. The quantitative estimate of drug-likeness (QED) is 0.103. The summed E-state index contributed by atoms with van der Waals surface area (Å²) in [5.41, 5.74) is 0. The number of hydrogen-bond donors (Lipinski definition) is 0. The van der Waals surface area contributed by atoms with Gasteiger partial charge in [-0.25, -0.2) is 0 Å². The molecule has 0 aromatic heterocycles. The van der Waals surface area contributed by atoms with Crippen molar-refractivity contribution < 1.29 is 28.2 Å². The van der Waals surface area contributed by atoms with Gasteiger partial charge in [0.15, 0.2) is 11.5 Å². The van der Waals surface area contributed by atoms with Gasteiger partial charge in [-0.3, -0.25) is 0 Å². The van der Waals surface area contributed by atoms with Crippen LogP contribution in [0.4, 0.5) is 0 Å². The molecule has 0 N–H and O–H groups in total. The van der Waals surface area contributed by atoms with Gasteiger partial charge >= 0.3 is 0 Å². The Bertz CT molecular complexity index is 691. The first-order valence-electron chi connectivity index (χ1n) is 10.9. The minimum Gasteiger partial charge on any atom is -0.331 e. The van der Waals surface area contributed by atoms with E-state index in [4.69, 9.17) is 28.2 Å². The van der Waals surface area contributed by atoms with E-state index in [-0.39, 0.29) is 0 Å². The van der Waals surface area contributed by atoms with Crippen LogP contribution in [0.3, 0.4) is 0 Å². The minimum absolute atomic E-state index is 0.600. The number of rotatable bonds is 18. The molecule has 0 aliphatic carbocycles. The van der Waals surface area contributed by atoms with Crippen molar-refractivity contribution in [3.8, 4) is 11.5 Å². The lowest BCUT2D eigenvalue weighted by molar-refractivity contribution is -0.0969. The Labute approximate surface area is 212 Å².